The standard InChI is InChI=1S/C14H11Cl/c1-2-11-8-9-13(14(15)10-11)12-6-4-3-5-7-12/h2-10H,1H2. The molecular formula is C14H11Cl. The first-order chi connectivity index (χ1) is 7.31. The van der Waals surface area contributed by atoms with Crippen molar-refractivity contribution < 1.29 is 0 Å². The van der Waals surface area contributed by atoms with Gasteiger partial charge < -0.3 is 0 Å². The summed E-state index contributed by atoms with van der Waals surface area (Å²) in [6.07, 6.45) is 1.79. The van der Waals surface area contributed by atoms with Crippen LogP contribution in [0.15, 0.2) is 55.1 Å². The zero-order valence-electron chi connectivity index (χ0n) is 8.28. The largest absolute Gasteiger partial charge is 0.0985 e. The minimum absolute atomic E-state index is 0.763. The Morgan fingerprint density at radius 1 is 1.00 bits per heavy atom. The van der Waals surface area contributed by atoms with Crippen molar-refractivity contribution in [1.29, 1.82) is 0 Å². The zero-order valence-corrected chi connectivity index (χ0v) is 9.04. The van der Waals surface area contributed by atoms with Gasteiger partial charge in [0.05, 0.1) is 0 Å². The van der Waals surface area contributed by atoms with Gasteiger partial charge in [-0.25, -0.2) is 0 Å². The summed E-state index contributed by atoms with van der Waals surface area (Å²) in [5.74, 6) is 0. The lowest BCUT2D eigenvalue weighted by molar-refractivity contribution is 1.60. The molecule has 0 saturated heterocycles. The number of benzene rings is 2. The van der Waals surface area contributed by atoms with Crippen LogP contribution in [0.4, 0.5) is 0 Å². The molecule has 0 aliphatic rings. The van der Waals surface area contributed by atoms with E-state index in [1.807, 2.05) is 36.4 Å². The molecule has 0 atom stereocenters. The van der Waals surface area contributed by atoms with E-state index >= 15 is 0 Å². The topological polar surface area (TPSA) is 0 Å². The Kier molecular flexibility index (Phi) is 2.89. The zero-order chi connectivity index (χ0) is 10.7. The van der Waals surface area contributed by atoms with E-state index in [-0.39, 0.29) is 0 Å². The van der Waals surface area contributed by atoms with Crippen LogP contribution in [0.3, 0.4) is 0 Å². The van der Waals surface area contributed by atoms with Gasteiger partial charge in [-0.2, -0.15) is 0 Å². The lowest BCUT2D eigenvalue weighted by Gasteiger charge is -2.05. The second kappa shape index (κ2) is 4.33. The average Bonchev–Trinajstić information content (AvgIpc) is 2.30. The van der Waals surface area contributed by atoms with Crippen LogP contribution in [-0.4, -0.2) is 0 Å². The molecule has 15 heavy (non-hydrogen) atoms. The second-order valence-corrected chi connectivity index (χ2v) is 3.72. The molecule has 1 heteroatoms. The quantitative estimate of drug-likeness (QED) is 0.683. The molecule has 2 aromatic carbocycles. The third-order valence-corrected chi connectivity index (χ3v) is 2.63. The Hall–Kier alpha value is -1.53. The molecule has 2 aromatic rings. The molecule has 0 N–H and O–H groups in total. The van der Waals surface area contributed by atoms with E-state index < -0.39 is 0 Å². The lowest BCUT2D eigenvalue weighted by atomic mass is 10.0. The van der Waals surface area contributed by atoms with Gasteiger partial charge in [-0.15, -0.1) is 0 Å². The molecule has 0 unspecified atom stereocenters. The second-order valence-electron chi connectivity index (χ2n) is 3.31. The maximum atomic E-state index is 6.19. The van der Waals surface area contributed by atoms with Gasteiger partial charge in [0.2, 0.25) is 0 Å². The summed E-state index contributed by atoms with van der Waals surface area (Å²) in [6.45, 7) is 3.72. The highest BCUT2D eigenvalue weighted by molar-refractivity contribution is 6.33. The van der Waals surface area contributed by atoms with E-state index in [4.69, 9.17) is 11.6 Å². The van der Waals surface area contributed by atoms with Crippen molar-refractivity contribution in [3.8, 4) is 11.1 Å². The van der Waals surface area contributed by atoms with Crippen molar-refractivity contribution in [2.24, 2.45) is 0 Å². The summed E-state index contributed by atoms with van der Waals surface area (Å²) >= 11 is 6.19. The smallest absolute Gasteiger partial charge is 0.0490 e. The number of hydrogen-bond acceptors (Lipinski definition) is 0. The summed E-state index contributed by atoms with van der Waals surface area (Å²) < 4.78 is 0. The molecule has 74 valence electrons. The van der Waals surface area contributed by atoms with E-state index in [2.05, 4.69) is 18.7 Å². The predicted octanol–water partition coefficient (Wildman–Crippen LogP) is 4.65. The Balaban J connectivity index is 2.51. The molecule has 0 radical (unpaired) electrons. The first-order valence-corrected chi connectivity index (χ1v) is 5.16. The SMILES string of the molecule is C=Cc1ccc(-c2ccccc2)c(Cl)c1. The number of rotatable bonds is 2. The van der Waals surface area contributed by atoms with Crippen molar-refractivity contribution >= 4 is 17.7 Å². The molecule has 0 aromatic heterocycles. The van der Waals surface area contributed by atoms with Crippen LogP contribution in [0, 0.1) is 0 Å². The van der Waals surface area contributed by atoms with E-state index in [0.717, 1.165) is 21.7 Å². The minimum Gasteiger partial charge on any atom is -0.0985 e. The average molecular weight is 215 g/mol. The van der Waals surface area contributed by atoms with Gasteiger partial charge in [-0.1, -0.05) is 66.7 Å². The monoisotopic (exact) mass is 214 g/mol. The van der Waals surface area contributed by atoms with Gasteiger partial charge in [0.15, 0.2) is 0 Å². The highest BCUT2D eigenvalue weighted by Crippen LogP contribution is 2.28. The molecule has 0 heterocycles. The van der Waals surface area contributed by atoms with Crippen LogP contribution in [-0.2, 0) is 0 Å². The van der Waals surface area contributed by atoms with E-state index in [9.17, 15) is 0 Å². The van der Waals surface area contributed by atoms with Gasteiger partial charge in [0.1, 0.15) is 0 Å². The van der Waals surface area contributed by atoms with Crippen molar-refractivity contribution in [1.82, 2.24) is 0 Å². The van der Waals surface area contributed by atoms with Crippen LogP contribution in [0.1, 0.15) is 5.56 Å². The summed E-state index contributed by atoms with van der Waals surface area (Å²) in [5.41, 5.74) is 3.24. The Labute approximate surface area is 94.8 Å². The Morgan fingerprint density at radius 3 is 2.33 bits per heavy atom. The molecule has 0 saturated carbocycles. The van der Waals surface area contributed by atoms with Gasteiger partial charge in [-0.05, 0) is 17.2 Å². The Bertz CT molecular complexity index is 472. The van der Waals surface area contributed by atoms with Crippen LogP contribution in [0.25, 0.3) is 17.2 Å². The van der Waals surface area contributed by atoms with Crippen LogP contribution >= 0.6 is 11.6 Å². The third kappa shape index (κ3) is 2.11. The summed E-state index contributed by atoms with van der Waals surface area (Å²) in [4.78, 5) is 0. The van der Waals surface area contributed by atoms with Crippen LogP contribution in [0.2, 0.25) is 5.02 Å². The molecule has 0 spiro atoms. The van der Waals surface area contributed by atoms with Crippen LogP contribution < -0.4 is 0 Å². The fraction of sp³-hybridized carbons (Fsp3) is 0. The maximum Gasteiger partial charge on any atom is 0.0490 e. The van der Waals surface area contributed by atoms with Crippen LogP contribution in [0.5, 0.6) is 0 Å². The Morgan fingerprint density at radius 2 is 1.73 bits per heavy atom. The fourth-order valence-electron chi connectivity index (χ4n) is 1.51. The molecule has 0 aliphatic heterocycles. The van der Waals surface area contributed by atoms with E-state index in [1.54, 1.807) is 6.08 Å². The van der Waals surface area contributed by atoms with Crippen molar-refractivity contribution in [2.45, 2.75) is 0 Å². The van der Waals surface area contributed by atoms with Gasteiger partial charge >= 0.3 is 0 Å². The molecule has 2 rings (SSSR count). The van der Waals surface area contributed by atoms with Gasteiger partial charge in [-0.3, -0.25) is 0 Å². The minimum atomic E-state index is 0.763. The first-order valence-electron chi connectivity index (χ1n) is 4.78. The normalized spacial score (nSPS) is 9.93. The fourth-order valence-corrected chi connectivity index (χ4v) is 1.81. The third-order valence-electron chi connectivity index (χ3n) is 2.31. The molecular weight excluding hydrogens is 204 g/mol. The summed E-state index contributed by atoms with van der Waals surface area (Å²) in [5, 5.41) is 0.763. The van der Waals surface area contributed by atoms with Gasteiger partial charge in [0, 0.05) is 10.6 Å². The molecule has 0 nitrogen and oxygen atoms in total. The van der Waals surface area contributed by atoms with Crippen molar-refractivity contribution in [3.05, 3.63) is 65.7 Å². The maximum absolute atomic E-state index is 6.19. The highest BCUT2D eigenvalue weighted by atomic mass is 35.5. The van der Waals surface area contributed by atoms with E-state index in [0.29, 0.717) is 0 Å². The highest BCUT2D eigenvalue weighted by Gasteiger charge is 2.02. The van der Waals surface area contributed by atoms with E-state index in [1.165, 1.54) is 0 Å². The molecule has 0 aliphatic carbocycles. The lowest BCUT2D eigenvalue weighted by Crippen LogP contribution is -1.80. The predicted molar refractivity (Wildman–Crippen MR) is 67.0 cm³/mol. The summed E-state index contributed by atoms with van der Waals surface area (Å²) in [7, 11) is 0. The number of hydrogen-bond donors (Lipinski definition) is 0. The molecule has 0 bridgehead atoms. The van der Waals surface area contributed by atoms with Crippen molar-refractivity contribution in [3.63, 3.8) is 0 Å². The molecule has 0 amide bonds. The summed E-state index contributed by atoms with van der Waals surface area (Å²) in [6, 6.07) is 16.1. The molecule has 0 fully saturated rings. The number of halogens is 1. The van der Waals surface area contributed by atoms with Crippen molar-refractivity contribution in [2.75, 3.05) is 0 Å². The van der Waals surface area contributed by atoms with Gasteiger partial charge in [0.25, 0.3) is 0 Å². The first kappa shape index (κ1) is 10.0.